The molecule has 1 heterocycles. The molecular weight excluding hydrogens is 287 g/mol. The third kappa shape index (κ3) is 3.04. The van der Waals surface area contributed by atoms with Crippen LogP contribution in [0.4, 0.5) is 18.9 Å². The number of halogens is 3. The van der Waals surface area contributed by atoms with E-state index in [4.69, 9.17) is 0 Å². The number of rotatable bonds is 4. The van der Waals surface area contributed by atoms with Gasteiger partial charge >= 0.3 is 6.18 Å². The van der Waals surface area contributed by atoms with E-state index in [1.54, 1.807) is 0 Å². The van der Waals surface area contributed by atoms with Crippen LogP contribution < -0.4 is 0 Å². The Morgan fingerprint density at radius 1 is 1.38 bits per heavy atom. The number of aromatic nitrogens is 2. The van der Waals surface area contributed by atoms with Gasteiger partial charge in [0.15, 0.2) is 0 Å². The molecular formula is C13H12F3N3O2. The van der Waals surface area contributed by atoms with E-state index in [2.05, 4.69) is 4.98 Å². The molecule has 1 aromatic carbocycles. The van der Waals surface area contributed by atoms with E-state index in [0.29, 0.717) is 18.3 Å². The van der Waals surface area contributed by atoms with E-state index < -0.39 is 22.4 Å². The molecule has 0 radical (unpaired) electrons. The van der Waals surface area contributed by atoms with Gasteiger partial charge in [0.2, 0.25) is 0 Å². The summed E-state index contributed by atoms with van der Waals surface area (Å²) in [6.07, 6.45) is -0.311. The van der Waals surface area contributed by atoms with Crippen LogP contribution >= 0.6 is 0 Å². The fourth-order valence-electron chi connectivity index (χ4n) is 2.01. The van der Waals surface area contributed by atoms with Crippen LogP contribution in [0.2, 0.25) is 0 Å². The monoisotopic (exact) mass is 299 g/mol. The lowest BCUT2D eigenvalue weighted by atomic mass is 10.1. The zero-order valence-corrected chi connectivity index (χ0v) is 11.1. The quantitative estimate of drug-likeness (QED) is 0.638. The van der Waals surface area contributed by atoms with Crippen molar-refractivity contribution in [2.45, 2.75) is 25.9 Å². The van der Waals surface area contributed by atoms with E-state index in [1.165, 1.54) is 17.0 Å². The van der Waals surface area contributed by atoms with Gasteiger partial charge in [-0.1, -0.05) is 6.92 Å². The summed E-state index contributed by atoms with van der Waals surface area (Å²) in [5.41, 5.74) is -1.57. The number of nitro benzene ring substituents is 1. The number of alkyl halides is 3. The molecule has 1 aromatic heterocycles. The van der Waals surface area contributed by atoms with Crippen LogP contribution in [0, 0.1) is 10.1 Å². The number of hydrogen-bond acceptors (Lipinski definition) is 3. The number of nitro groups is 1. The first-order valence-electron chi connectivity index (χ1n) is 6.22. The maximum absolute atomic E-state index is 12.7. The maximum Gasteiger partial charge on any atom is 0.416 e. The lowest BCUT2D eigenvalue weighted by Crippen LogP contribution is -2.09. The van der Waals surface area contributed by atoms with Gasteiger partial charge in [-0.2, -0.15) is 13.2 Å². The van der Waals surface area contributed by atoms with Crippen LogP contribution in [0.3, 0.4) is 0 Å². The van der Waals surface area contributed by atoms with Crippen molar-refractivity contribution in [2.75, 3.05) is 0 Å². The summed E-state index contributed by atoms with van der Waals surface area (Å²) < 4.78 is 39.4. The third-order valence-corrected chi connectivity index (χ3v) is 2.95. The fraction of sp³-hybridized carbons (Fsp3) is 0.308. The second-order valence-electron chi connectivity index (χ2n) is 4.42. The van der Waals surface area contributed by atoms with Crippen molar-refractivity contribution < 1.29 is 18.1 Å². The molecule has 0 saturated carbocycles. The third-order valence-electron chi connectivity index (χ3n) is 2.95. The van der Waals surface area contributed by atoms with Crippen LogP contribution in [0.15, 0.2) is 30.6 Å². The van der Waals surface area contributed by atoms with Crippen LogP contribution in [0.1, 0.15) is 24.7 Å². The number of hydrogen-bond donors (Lipinski definition) is 0. The molecule has 0 N–H and O–H groups in total. The van der Waals surface area contributed by atoms with Gasteiger partial charge in [-0.05, 0) is 18.6 Å². The van der Waals surface area contributed by atoms with Crippen molar-refractivity contribution in [3.05, 3.63) is 52.1 Å². The Labute approximate surface area is 118 Å². The summed E-state index contributed by atoms with van der Waals surface area (Å²) in [6.45, 7) is 1.92. The molecule has 0 amide bonds. The maximum atomic E-state index is 12.7. The fourth-order valence-corrected chi connectivity index (χ4v) is 2.01. The molecule has 2 rings (SSSR count). The van der Waals surface area contributed by atoms with Crippen molar-refractivity contribution in [1.29, 1.82) is 0 Å². The predicted molar refractivity (Wildman–Crippen MR) is 69.2 cm³/mol. The predicted octanol–water partition coefficient (Wildman–Crippen LogP) is 3.75. The van der Waals surface area contributed by atoms with Gasteiger partial charge in [-0.3, -0.25) is 14.7 Å². The number of nitrogens with zero attached hydrogens (tertiary/aromatic N) is 3. The molecule has 0 aliphatic carbocycles. The van der Waals surface area contributed by atoms with Crippen LogP contribution in [0.25, 0.3) is 5.69 Å². The Hall–Kier alpha value is -2.38. The minimum atomic E-state index is -4.62. The Kier molecular flexibility index (Phi) is 3.97. The molecule has 2 aromatic rings. The van der Waals surface area contributed by atoms with Crippen molar-refractivity contribution in [1.82, 2.24) is 9.55 Å². The summed E-state index contributed by atoms with van der Waals surface area (Å²) in [5.74, 6) is 0.570. The van der Waals surface area contributed by atoms with Crippen molar-refractivity contribution in [3.8, 4) is 5.69 Å². The van der Waals surface area contributed by atoms with Crippen LogP contribution in [-0.2, 0) is 12.6 Å². The largest absolute Gasteiger partial charge is 0.416 e. The molecule has 8 heteroatoms. The van der Waals surface area contributed by atoms with Crippen LogP contribution in [-0.4, -0.2) is 14.5 Å². The van der Waals surface area contributed by atoms with E-state index >= 15 is 0 Å². The number of benzene rings is 1. The Morgan fingerprint density at radius 2 is 2.10 bits per heavy atom. The molecule has 0 spiro atoms. The first-order valence-corrected chi connectivity index (χ1v) is 6.22. The van der Waals surface area contributed by atoms with E-state index in [9.17, 15) is 23.3 Å². The van der Waals surface area contributed by atoms with E-state index in [0.717, 1.165) is 18.6 Å². The van der Waals surface area contributed by atoms with E-state index in [-0.39, 0.29) is 5.69 Å². The Morgan fingerprint density at radius 3 is 2.67 bits per heavy atom. The van der Waals surface area contributed by atoms with Crippen molar-refractivity contribution in [3.63, 3.8) is 0 Å². The average molecular weight is 299 g/mol. The van der Waals surface area contributed by atoms with Gasteiger partial charge < -0.3 is 0 Å². The molecule has 0 aliphatic rings. The summed E-state index contributed by atoms with van der Waals surface area (Å²) >= 11 is 0. The van der Waals surface area contributed by atoms with Gasteiger partial charge in [0.25, 0.3) is 5.69 Å². The number of imidazole rings is 1. The minimum Gasteiger partial charge on any atom is -0.298 e. The highest BCUT2D eigenvalue weighted by Gasteiger charge is 2.33. The van der Waals surface area contributed by atoms with Gasteiger partial charge in [0.05, 0.1) is 10.5 Å². The smallest absolute Gasteiger partial charge is 0.298 e. The topological polar surface area (TPSA) is 61.0 Å². The molecule has 0 bridgehead atoms. The average Bonchev–Trinajstić information content (AvgIpc) is 2.85. The SMILES string of the molecule is CCCc1nccn1-c1ccc(C(F)(F)F)cc1[N+](=O)[O-]. The lowest BCUT2D eigenvalue weighted by molar-refractivity contribution is -0.384. The molecule has 0 aliphatic heterocycles. The first kappa shape index (κ1) is 15.0. The standard InChI is InChI=1S/C13H12F3N3O2/c1-2-3-12-17-6-7-18(12)10-5-4-9(13(14,15)16)8-11(10)19(20)21/h4-8H,2-3H2,1H3. The zero-order chi connectivity index (χ0) is 15.6. The highest BCUT2D eigenvalue weighted by molar-refractivity contribution is 5.55. The van der Waals surface area contributed by atoms with Gasteiger partial charge in [-0.15, -0.1) is 0 Å². The second-order valence-corrected chi connectivity index (χ2v) is 4.42. The molecule has 0 saturated heterocycles. The summed E-state index contributed by atoms with van der Waals surface area (Å²) in [7, 11) is 0. The summed E-state index contributed by atoms with van der Waals surface area (Å²) in [5, 5.41) is 11.1. The van der Waals surface area contributed by atoms with Crippen molar-refractivity contribution >= 4 is 5.69 Å². The zero-order valence-electron chi connectivity index (χ0n) is 11.1. The molecule has 0 unspecified atom stereocenters. The highest BCUT2D eigenvalue weighted by Crippen LogP contribution is 2.34. The second kappa shape index (κ2) is 5.55. The molecule has 5 nitrogen and oxygen atoms in total. The van der Waals surface area contributed by atoms with Crippen LogP contribution in [0.5, 0.6) is 0 Å². The molecule has 0 atom stereocenters. The molecule has 21 heavy (non-hydrogen) atoms. The van der Waals surface area contributed by atoms with Gasteiger partial charge in [0.1, 0.15) is 11.5 Å². The number of aryl methyl sites for hydroxylation is 1. The van der Waals surface area contributed by atoms with Gasteiger partial charge in [0, 0.05) is 24.9 Å². The highest BCUT2D eigenvalue weighted by atomic mass is 19.4. The molecule has 0 fully saturated rings. The first-order chi connectivity index (χ1) is 9.84. The van der Waals surface area contributed by atoms with Crippen molar-refractivity contribution in [2.24, 2.45) is 0 Å². The summed E-state index contributed by atoms with van der Waals surface area (Å²) in [4.78, 5) is 14.3. The van der Waals surface area contributed by atoms with Gasteiger partial charge in [-0.25, -0.2) is 4.98 Å². The minimum absolute atomic E-state index is 0.0777. The van der Waals surface area contributed by atoms with E-state index in [1.807, 2.05) is 6.92 Å². The summed E-state index contributed by atoms with van der Waals surface area (Å²) in [6, 6.07) is 2.48. The molecule has 112 valence electrons. The lowest BCUT2D eigenvalue weighted by Gasteiger charge is -2.11. The Bertz CT molecular complexity index is 665. The normalized spacial score (nSPS) is 11.6. The Balaban J connectivity index is 2.58.